The van der Waals surface area contributed by atoms with Gasteiger partial charge < -0.3 is 0 Å². The summed E-state index contributed by atoms with van der Waals surface area (Å²) in [5.41, 5.74) is 0.0698. The van der Waals surface area contributed by atoms with Gasteiger partial charge in [0.1, 0.15) is 16.7 Å². The van der Waals surface area contributed by atoms with Gasteiger partial charge in [-0.05, 0) is 17.0 Å². The molecular formula is C10H11ClF2. The first-order valence-electron chi connectivity index (χ1n) is 3.98. The van der Waals surface area contributed by atoms with Crippen LogP contribution in [0.1, 0.15) is 26.3 Å². The van der Waals surface area contributed by atoms with Crippen molar-refractivity contribution in [3.8, 4) is 0 Å². The molecule has 0 saturated heterocycles. The van der Waals surface area contributed by atoms with Gasteiger partial charge in [-0.3, -0.25) is 0 Å². The van der Waals surface area contributed by atoms with Crippen LogP contribution >= 0.6 is 11.6 Å². The van der Waals surface area contributed by atoms with E-state index in [2.05, 4.69) is 0 Å². The summed E-state index contributed by atoms with van der Waals surface area (Å²) >= 11 is 5.44. The van der Waals surface area contributed by atoms with E-state index in [0.717, 1.165) is 0 Å². The van der Waals surface area contributed by atoms with Gasteiger partial charge in [0.25, 0.3) is 0 Å². The number of halogens is 3. The summed E-state index contributed by atoms with van der Waals surface area (Å²) in [5, 5.41) is -0.424. The monoisotopic (exact) mass is 204 g/mol. The SMILES string of the molecule is CC(C)(C)c1ccc(F)c(Cl)c1F. The summed E-state index contributed by atoms with van der Waals surface area (Å²) in [7, 11) is 0. The summed E-state index contributed by atoms with van der Waals surface area (Å²) in [6, 6.07) is 2.61. The fourth-order valence-electron chi connectivity index (χ4n) is 1.11. The molecule has 0 unspecified atom stereocenters. The molecule has 0 amide bonds. The molecule has 1 aromatic rings. The van der Waals surface area contributed by atoms with Gasteiger partial charge in [0.2, 0.25) is 0 Å². The maximum absolute atomic E-state index is 13.4. The maximum atomic E-state index is 13.4. The highest BCUT2D eigenvalue weighted by Crippen LogP contribution is 2.30. The Labute approximate surface area is 81.5 Å². The van der Waals surface area contributed by atoms with Crippen molar-refractivity contribution in [2.75, 3.05) is 0 Å². The molecule has 0 atom stereocenters. The van der Waals surface area contributed by atoms with Gasteiger partial charge in [0.15, 0.2) is 0 Å². The van der Waals surface area contributed by atoms with Crippen LogP contribution in [-0.2, 0) is 5.41 Å². The van der Waals surface area contributed by atoms with Crippen LogP contribution in [0.25, 0.3) is 0 Å². The lowest BCUT2D eigenvalue weighted by atomic mass is 9.87. The molecule has 0 aliphatic rings. The zero-order chi connectivity index (χ0) is 10.2. The zero-order valence-corrected chi connectivity index (χ0v) is 8.54. The lowest BCUT2D eigenvalue weighted by Crippen LogP contribution is -2.14. The van der Waals surface area contributed by atoms with Crippen LogP contribution in [0.15, 0.2) is 12.1 Å². The van der Waals surface area contributed by atoms with E-state index in [1.807, 2.05) is 20.8 Å². The number of benzene rings is 1. The van der Waals surface area contributed by atoms with Gasteiger partial charge in [0, 0.05) is 0 Å². The number of hydrogen-bond acceptors (Lipinski definition) is 0. The first-order valence-corrected chi connectivity index (χ1v) is 4.36. The first-order chi connectivity index (χ1) is 5.84. The van der Waals surface area contributed by atoms with Crippen LogP contribution in [0.5, 0.6) is 0 Å². The third kappa shape index (κ3) is 1.99. The van der Waals surface area contributed by atoms with Gasteiger partial charge in [-0.15, -0.1) is 0 Å². The smallest absolute Gasteiger partial charge is 0.148 e. The van der Waals surface area contributed by atoms with Crippen molar-refractivity contribution in [2.45, 2.75) is 26.2 Å². The molecular weight excluding hydrogens is 194 g/mol. The fraction of sp³-hybridized carbons (Fsp3) is 0.400. The molecule has 0 aliphatic carbocycles. The molecule has 0 aliphatic heterocycles. The lowest BCUT2D eigenvalue weighted by Gasteiger charge is -2.20. The molecule has 1 rings (SSSR count). The highest BCUT2D eigenvalue weighted by atomic mass is 35.5. The van der Waals surface area contributed by atoms with E-state index < -0.39 is 16.7 Å². The molecule has 0 spiro atoms. The Morgan fingerprint density at radius 3 is 2.15 bits per heavy atom. The second-order valence-electron chi connectivity index (χ2n) is 3.97. The Balaban J connectivity index is 3.35. The topological polar surface area (TPSA) is 0 Å². The lowest BCUT2D eigenvalue weighted by molar-refractivity contribution is 0.511. The van der Waals surface area contributed by atoms with E-state index in [1.54, 1.807) is 0 Å². The molecule has 72 valence electrons. The van der Waals surface area contributed by atoms with E-state index in [4.69, 9.17) is 11.6 Å². The quantitative estimate of drug-likeness (QED) is 0.562. The zero-order valence-electron chi connectivity index (χ0n) is 7.79. The Morgan fingerprint density at radius 2 is 1.69 bits per heavy atom. The van der Waals surface area contributed by atoms with Crippen LogP contribution in [0.4, 0.5) is 8.78 Å². The molecule has 0 heterocycles. The summed E-state index contributed by atoms with van der Waals surface area (Å²) in [6.45, 7) is 5.54. The van der Waals surface area contributed by atoms with Gasteiger partial charge >= 0.3 is 0 Å². The molecule has 13 heavy (non-hydrogen) atoms. The van der Waals surface area contributed by atoms with Crippen molar-refractivity contribution in [3.63, 3.8) is 0 Å². The number of rotatable bonds is 0. The molecule has 0 fully saturated rings. The first kappa shape index (κ1) is 10.5. The summed E-state index contributed by atoms with van der Waals surface area (Å²) in [6.07, 6.45) is 0. The second-order valence-corrected chi connectivity index (χ2v) is 4.35. The molecule has 1 aromatic carbocycles. The third-order valence-electron chi connectivity index (χ3n) is 1.84. The van der Waals surface area contributed by atoms with Crippen molar-refractivity contribution in [1.29, 1.82) is 0 Å². The van der Waals surface area contributed by atoms with Crippen LogP contribution in [0.2, 0.25) is 5.02 Å². The van der Waals surface area contributed by atoms with E-state index in [0.29, 0.717) is 5.56 Å². The Bertz CT molecular complexity index is 326. The maximum Gasteiger partial charge on any atom is 0.148 e. The molecule has 0 aromatic heterocycles. The van der Waals surface area contributed by atoms with E-state index in [-0.39, 0.29) is 5.41 Å². The van der Waals surface area contributed by atoms with Gasteiger partial charge in [-0.2, -0.15) is 0 Å². The van der Waals surface area contributed by atoms with E-state index in [9.17, 15) is 8.78 Å². The average molecular weight is 205 g/mol. The van der Waals surface area contributed by atoms with Crippen molar-refractivity contribution in [2.24, 2.45) is 0 Å². The predicted octanol–water partition coefficient (Wildman–Crippen LogP) is 3.92. The van der Waals surface area contributed by atoms with E-state index in [1.165, 1.54) is 12.1 Å². The largest absolute Gasteiger partial charge is 0.205 e. The average Bonchev–Trinajstić information content (AvgIpc) is 1.98. The molecule has 0 saturated carbocycles. The standard InChI is InChI=1S/C10H11ClF2/c1-10(2,3)6-4-5-7(12)8(11)9(6)13/h4-5H,1-3H3. The Hall–Kier alpha value is -0.630. The number of hydrogen-bond donors (Lipinski definition) is 0. The predicted molar refractivity (Wildman–Crippen MR) is 50.1 cm³/mol. The highest BCUT2D eigenvalue weighted by molar-refractivity contribution is 6.30. The Kier molecular flexibility index (Phi) is 2.62. The molecule has 3 heteroatoms. The summed E-state index contributed by atoms with van der Waals surface area (Å²) in [5.74, 6) is -1.37. The Morgan fingerprint density at radius 1 is 1.15 bits per heavy atom. The van der Waals surface area contributed by atoms with Crippen molar-refractivity contribution in [1.82, 2.24) is 0 Å². The van der Waals surface area contributed by atoms with Crippen LogP contribution in [0, 0.1) is 11.6 Å². The molecule has 0 radical (unpaired) electrons. The normalized spacial score (nSPS) is 11.8. The summed E-state index contributed by atoms with van der Waals surface area (Å²) < 4.78 is 26.2. The van der Waals surface area contributed by atoms with Crippen molar-refractivity contribution in [3.05, 3.63) is 34.4 Å². The fourth-order valence-corrected chi connectivity index (χ4v) is 1.27. The van der Waals surface area contributed by atoms with Crippen LogP contribution in [0.3, 0.4) is 0 Å². The third-order valence-corrected chi connectivity index (χ3v) is 2.19. The van der Waals surface area contributed by atoms with Gasteiger partial charge in [-0.25, -0.2) is 8.78 Å². The second kappa shape index (κ2) is 3.26. The van der Waals surface area contributed by atoms with Crippen LogP contribution in [-0.4, -0.2) is 0 Å². The highest BCUT2D eigenvalue weighted by Gasteiger charge is 2.21. The molecule has 0 N–H and O–H groups in total. The van der Waals surface area contributed by atoms with Crippen molar-refractivity contribution < 1.29 is 8.78 Å². The van der Waals surface area contributed by atoms with Crippen LogP contribution < -0.4 is 0 Å². The van der Waals surface area contributed by atoms with Gasteiger partial charge in [-0.1, -0.05) is 38.4 Å². The van der Waals surface area contributed by atoms with E-state index >= 15 is 0 Å². The molecule has 0 nitrogen and oxygen atoms in total. The minimum absolute atomic E-state index is 0.360. The minimum atomic E-state index is -0.716. The molecule has 0 bridgehead atoms. The van der Waals surface area contributed by atoms with Gasteiger partial charge in [0.05, 0.1) is 0 Å². The minimum Gasteiger partial charge on any atom is -0.205 e. The van der Waals surface area contributed by atoms with Crippen molar-refractivity contribution >= 4 is 11.6 Å². The summed E-state index contributed by atoms with van der Waals surface area (Å²) in [4.78, 5) is 0.